The molecule has 0 bridgehead atoms. The van der Waals surface area contributed by atoms with E-state index in [1.807, 2.05) is 0 Å². The predicted molar refractivity (Wildman–Crippen MR) is 58.5 cm³/mol. The summed E-state index contributed by atoms with van der Waals surface area (Å²) in [5, 5.41) is 3.94. The molecule has 1 aromatic carbocycles. The van der Waals surface area contributed by atoms with Gasteiger partial charge in [-0.2, -0.15) is 5.10 Å². The highest BCUT2D eigenvalue weighted by Crippen LogP contribution is 2.17. The van der Waals surface area contributed by atoms with Crippen LogP contribution in [0, 0.1) is 11.6 Å². The number of rotatable bonds is 4. The van der Waals surface area contributed by atoms with E-state index in [4.69, 9.17) is 10.5 Å². The lowest BCUT2D eigenvalue weighted by Gasteiger charge is -2.07. The first-order chi connectivity index (χ1) is 8.15. The van der Waals surface area contributed by atoms with E-state index in [-0.39, 0.29) is 12.4 Å². The Morgan fingerprint density at radius 1 is 1.29 bits per heavy atom. The molecular weight excluding hydrogens is 228 g/mol. The molecule has 90 valence electrons. The maximum absolute atomic E-state index is 13.2. The van der Waals surface area contributed by atoms with Gasteiger partial charge in [-0.1, -0.05) is 0 Å². The highest BCUT2D eigenvalue weighted by atomic mass is 19.1. The third-order valence-electron chi connectivity index (χ3n) is 2.13. The first-order valence-corrected chi connectivity index (χ1v) is 5.02. The lowest BCUT2D eigenvalue weighted by molar-refractivity contribution is 0.277. The van der Waals surface area contributed by atoms with Crippen LogP contribution in [0.1, 0.15) is 0 Å². The van der Waals surface area contributed by atoms with Crippen molar-refractivity contribution in [3.63, 3.8) is 0 Å². The molecule has 0 amide bonds. The number of benzene rings is 1. The number of halogens is 2. The largest absolute Gasteiger partial charge is 0.489 e. The molecule has 4 nitrogen and oxygen atoms in total. The van der Waals surface area contributed by atoms with Crippen LogP contribution in [-0.2, 0) is 6.54 Å². The van der Waals surface area contributed by atoms with Crippen molar-refractivity contribution in [3.8, 4) is 5.75 Å². The lowest BCUT2D eigenvalue weighted by atomic mass is 10.3. The van der Waals surface area contributed by atoms with E-state index < -0.39 is 11.6 Å². The van der Waals surface area contributed by atoms with Crippen LogP contribution >= 0.6 is 0 Å². The molecule has 0 saturated carbocycles. The van der Waals surface area contributed by atoms with Crippen molar-refractivity contribution in [3.05, 3.63) is 42.1 Å². The summed E-state index contributed by atoms with van der Waals surface area (Å²) in [5.41, 5.74) is 5.43. The summed E-state index contributed by atoms with van der Waals surface area (Å²) in [6, 6.07) is 4.83. The molecule has 0 aliphatic heterocycles. The Kier molecular flexibility index (Phi) is 3.22. The second kappa shape index (κ2) is 4.82. The molecule has 2 aromatic rings. The third-order valence-corrected chi connectivity index (χ3v) is 2.13. The molecular formula is C11H11F2N3O. The minimum Gasteiger partial charge on any atom is -0.489 e. The normalized spacial score (nSPS) is 10.5. The number of aromatic nitrogens is 2. The van der Waals surface area contributed by atoms with E-state index in [2.05, 4.69) is 5.10 Å². The fourth-order valence-electron chi connectivity index (χ4n) is 1.34. The van der Waals surface area contributed by atoms with Crippen LogP contribution in [0.15, 0.2) is 30.5 Å². The first-order valence-electron chi connectivity index (χ1n) is 5.02. The number of anilines is 1. The Morgan fingerprint density at radius 3 is 2.76 bits per heavy atom. The van der Waals surface area contributed by atoms with Gasteiger partial charge in [-0.15, -0.1) is 0 Å². The van der Waals surface area contributed by atoms with Gasteiger partial charge in [0.05, 0.1) is 6.54 Å². The zero-order valence-corrected chi connectivity index (χ0v) is 8.94. The van der Waals surface area contributed by atoms with Crippen LogP contribution in [-0.4, -0.2) is 16.4 Å². The van der Waals surface area contributed by atoms with E-state index in [1.54, 1.807) is 16.9 Å². The monoisotopic (exact) mass is 239 g/mol. The van der Waals surface area contributed by atoms with Gasteiger partial charge in [0.15, 0.2) is 11.6 Å². The Morgan fingerprint density at radius 2 is 2.12 bits per heavy atom. The number of nitrogens with two attached hydrogens (primary N) is 1. The van der Waals surface area contributed by atoms with Crippen molar-refractivity contribution in [2.75, 3.05) is 12.3 Å². The molecule has 0 saturated heterocycles. The predicted octanol–water partition coefficient (Wildman–Crippen LogP) is 1.82. The highest BCUT2D eigenvalue weighted by Gasteiger charge is 2.04. The zero-order valence-electron chi connectivity index (χ0n) is 8.94. The van der Waals surface area contributed by atoms with E-state index in [9.17, 15) is 8.78 Å². The minimum absolute atomic E-state index is 0.0199. The average Bonchev–Trinajstić information content (AvgIpc) is 2.68. The van der Waals surface area contributed by atoms with Crippen molar-refractivity contribution in [1.29, 1.82) is 0 Å². The Labute approximate surface area is 96.6 Å². The number of ether oxygens (including phenoxy) is 1. The van der Waals surface area contributed by atoms with Gasteiger partial charge in [-0.05, 0) is 18.2 Å². The van der Waals surface area contributed by atoms with Crippen LogP contribution < -0.4 is 10.5 Å². The third kappa shape index (κ3) is 2.93. The summed E-state index contributed by atoms with van der Waals surface area (Å²) < 4.78 is 32.5. The standard InChI is InChI=1S/C11H11F2N3O/c12-8-1-2-10(9(13)7-8)17-6-5-16-4-3-11(14)15-16/h1-4,7H,5-6H2,(H2,14,15). The van der Waals surface area contributed by atoms with E-state index in [1.165, 1.54) is 6.07 Å². The van der Waals surface area contributed by atoms with Gasteiger partial charge in [-0.3, -0.25) is 4.68 Å². The van der Waals surface area contributed by atoms with Crippen LogP contribution in [0.25, 0.3) is 0 Å². The average molecular weight is 239 g/mol. The number of nitrogen functional groups attached to an aromatic ring is 1. The van der Waals surface area contributed by atoms with Crippen molar-refractivity contribution < 1.29 is 13.5 Å². The number of hydrogen-bond donors (Lipinski definition) is 1. The van der Waals surface area contributed by atoms with Gasteiger partial charge in [-0.25, -0.2) is 8.78 Å². The summed E-state index contributed by atoms with van der Waals surface area (Å²) in [4.78, 5) is 0. The smallest absolute Gasteiger partial charge is 0.167 e. The van der Waals surface area contributed by atoms with Gasteiger partial charge in [0, 0.05) is 12.3 Å². The molecule has 0 aliphatic carbocycles. The fourth-order valence-corrected chi connectivity index (χ4v) is 1.34. The van der Waals surface area contributed by atoms with Gasteiger partial charge in [0.25, 0.3) is 0 Å². The molecule has 0 aliphatic rings. The van der Waals surface area contributed by atoms with E-state index >= 15 is 0 Å². The van der Waals surface area contributed by atoms with Crippen molar-refractivity contribution in [1.82, 2.24) is 9.78 Å². The van der Waals surface area contributed by atoms with Crippen LogP contribution in [0.2, 0.25) is 0 Å². The Bertz CT molecular complexity index is 513. The van der Waals surface area contributed by atoms with Crippen molar-refractivity contribution >= 4 is 5.82 Å². The molecule has 2 N–H and O–H groups in total. The van der Waals surface area contributed by atoms with Gasteiger partial charge in [0.2, 0.25) is 0 Å². The van der Waals surface area contributed by atoms with Crippen molar-refractivity contribution in [2.45, 2.75) is 6.54 Å². The molecule has 0 fully saturated rings. The summed E-state index contributed by atoms with van der Waals surface area (Å²) in [7, 11) is 0. The van der Waals surface area contributed by atoms with Gasteiger partial charge >= 0.3 is 0 Å². The quantitative estimate of drug-likeness (QED) is 0.885. The molecule has 1 heterocycles. The summed E-state index contributed by atoms with van der Waals surface area (Å²) in [6.45, 7) is 0.664. The van der Waals surface area contributed by atoms with Crippen LogP contribution in [0.4, 0.5) is 14.6 Å². The number of hydrogen-bond acceptors (Lipinski definition) is 3. The van der Waals surface area contributed by atoms with Gasteiger partial charge < -0.3 is 10.5 Å². The highest BCUT2D eigenvalue weighted by molar-refractivity contribution is 5.25. The molecule has 0 radical (unpaired) electrons. The first kappa shape index (κ1) is 11.4. The summed E-state index contributed by atoms with van der Waals surface area (Å²) >= 11 is 0. The second-order valence-electron chi connectivity index (χ2n) is 3.43. The molecule has 6 heteroatoms. The lowest BCUT2D eigenvalue weighted by Crippen LogP contribution is -2.09. The van der Waals surface area contributed by atoms with E-state index in [0.29, 0.717) is 12.4 Å². The van der Waals surface area contributed by atoms with Crippen LogP contribution in [0.3, 0.4) is 0 Å². The summed E-state index contributed by atoms with van der Waals surface area (Å²) in [6.07, 6.45) is 1.69. The Balaban J connectivity index is 1.90. The van der Waals surface area contributed by atoms with Gasteiger partial charge in [0.1, 0.15) is 18.2 Å². The van der Waals surface area contributed by atoms with Crippen LogP contribution in [0.5, 0.6) is 5.75 Å². The van der Waals surface area contributed by atoms with Crippen molar-refractivity contribution in [2.24, 2.45) is 0 Å². The second-order valence-corrected chi connectivity index (χ2v) is 3.43. The molecule has 0 atom stereocenters. The molecule has 17 heavy (non-hydrogen) atoms. The maximum atomic E-state index is 13.2. The zero-order chi connectivity index (χ0) is 12.3. The van der Waals surface area contributed by atoms with E-state index in [0.717, 1.165) is 12.1 Å². The maximum Gasteiger partial charge on any atom is 0.167 e. The SMILES string of the molecule is Nc1ccn(CCOc2ccc(F)cc2F)n1. The molecule has 0 spiro atoms. The molecule has 0 unspecified atom stereocenters. The molecule has 2 rings (SSSR count). The number of nitrogens with zero attached hydrogens (tertiary/aromatic N) is 2. The minimum atomic E-state index is -0.718. The fraction of sp³-hybridized carbons (Fsp3) is 0.182. The molecule has 1 aromatic heterocycles. The Hall–Kier alpha value is -2.11. The topological polar surface area (TPSA) is 53.1 Å². The summed E-state index contributed by atoms with van der Waals surface area (Å²) in [5.74, 6) is -0.913.